The fraction of sp³-hybridized carbons (Fsp3) is 0.500. The quantitative estimate of drug-likeness (QED) is 0.692. The average molecular weight is 376 g/mol. The Morgan fingerprint density at radius 2 is 2.14 bits per heavy atom. The zero-order valence-corrected chi connectivity index (χ0v) is 14.3. The molecule has 1 aromatic heterocycles. The number of anilines is 1. The van der Waals surface area contributed by atoms with Crippen LogP contribution in [0.3, 0.4) is 0 Å². The highest BCUT2D eigenvalue weighted by Crippen LogP contribution is 2.21. The standard InChI is InChI=1S/C12H16Cl2N4O.2ClH/c13-8-6-9(14)11(18-7-8)16-4-5-17-12(19)10-2-1-3-15-10;;/h6-7,10,15H,1-5H2,(H,16,18)(H,17,19);2*1H. The molecule has 1 fully saturated rings. The molecular weight excluding hydrogens is 358 g/mol. The summed E-state index contributed by atoms with van der Waals surface area (Å²) in [6.45, 7) is 2.01. The molecule has 5 nitrogen and oxygen atoms in total. The van der Waals surface area contributed by atoms with Gasteiger partial charge in [-0.2, -0.15) is 0 Å². The van der Waals surface area contributed by atoms with Crippen LogP contribution in [0.1, 0.15) is 12.8 Å². The van der Waals surface area contributed by atoms with Gasteiger partial charge in [-0.05, 0) is 25.5 Å². The first-order valence-electron chi connectivity index (χ1n) is 6.23. The zero-order chi connectivity index (χ0) is 13.7. The third-order valence-electron chi connectivity index (χ3n) is 2.90. The van der Waals surface area contributed by atoms with Crippen LogP contribution in [0.15, 0.2) is 12.3 Å². The van der Waals surface area contributed by atoms with Crippen LogP contribution in [0.2, 0.25) is 10.0 Å². The highest BCUT2D eigenvalue weighted by Gasteiger charge is 2.21. The van der Waals surface area contributed by atoms with Gasteiger partial charge in [-0.15, -0.1) is 24.8 Å². The molecule has 0 aliphatic carbocycles. The van der Waals surface area contributed by atoms with Crippen molar-refractivity contribution in [3.05, 3.63) is 22.3 Å². The molecule has 1 aliphatic rings. The van der Waals surface area contributed by atoms with Gasteiger partial charge in [0.15, 0.2) is 0 Å². The summed E-state index contributed by atoms with van der Waals surface area (Å²) in [6, 6.07) is 1.58. The summed E-state index contributed by atoms with van der Waals surface area (Å²) in [5.74, 6) is 0.619. The Bertz CT molecular complexity index is 455. The van der Waals surface area contributed by atoms with Gasteiger partial charge in [-0.3, -0.25) is 4.79 Å². The van der Waals surface area contributed by atoms with Crippen LogP contribution < -0.4 is 16.0 Å². The third kappa shape index (κ3) is 6.45. The Hall–Kier alpha value is -0.460. The Morgan fingerprint density at radius 1 is 1.38 bits per heavy atom. The van der Waals surface area contributed by atoms with Crippen molar-refractivity contribution < 1.29 is 4.79 Å². The van der Waals surface area contributed by atoms with E-state index < -0.39 is 0 Å². The van der Waals surface area contributed by atoms with Gasteiger partial charge in [0.05, 0.1) is 16.1 Å². The molecule has 0 bridgehead atoms. The van der Waals surface area contributed by atoms with Gasteiger partial charge in [0.1, 0.15) is 5.82 Å². The molecule has 120 valence electrons. The van der Waals surface area contributed by atoms with Crippen molar-refractivity contribution >= 4 is 59.7 Å². The number of halogens is 4. The van der Waals surface area contributed by atoms with Gasteiger partial charge in [0.2, 0.25) is 5.91 Å². The summed E-state index contributed by atoms with van der Waals surface area (Å²) in [5, 5.41) is 10.0. The van der Waals surface area contributed by atoms with E-state index in [1.807, 2.05) is 0 Å². The summed E-state index contributed by atoms with van der Waals surface area (Å²) in [6.07, 6.45) is 3.49. The van der Waals surface area contributed by atoms with Gasteiger partial charge in [0, 0.05) is 19.3 Å². The Labute approximate surface area is 146 Å². The van der Waals surface area contributed by atoms with Gasteiger partial charge >= 0.3 is 0 Å². The Balaban J connectivity index is 0.00000200. The first-order chi connectivity index (χ1) is 9.16. The topological polar surface area (TPSA) is 66.0 Å². The number of nitrogens with zero attached hydrogens (tertiary/aromatic N) is 1. The predicted molar refractivity (Wildman–Crippen MR) is 91.3 cm³/mol. The number of amides is 1. The smallest absolute Gasteiger partial charge is 0.237 e. The fourth-order valence-corrected chi connectivity index (χ4v) is 2.39. The molecule has 0 spiro atoms. The Kier molecular flexibility index (Phi) is 10.1. The summed E-state index contributed by atoms with van der Waals surface area (Å²) in [5.41, 5.74) is 0. The summed E-state index contributed by atoms with van der Waals surface area (Å²) < 4.78 is 0. The first kappa shape index (κ1) is 20.5. The summed E-state index contributed by atoms with van der Waals surface area (Å²) in [7, 11) is 0. The molecule has 2 heterocycles. The van der Waals surface area contributed by atoms with Gasteiger partial charge in [-0.1, -0.05) is 23.2 Å². The lowest BCUT2D eigenvalue weighted by atomic mass is 10.2. The molecule has 1 atom stereocenters. The number of carbonyl (C=O) groups is 1. The van der Waals surface area contributed by atoms with Crippen molar-refractivity contribution in [1.82, 2.24) is 15.6 Å². The van der Waals surface area contributed by atoms with Crippen molar-refractivity contribution in [3.63, 3.8) is 0 Å². The van der Waals surface area contributed by atoms with Gasteiger partial charge in [0.25, 0.3) is 0 Å². The number of hydrogen-bond donors (Lipinski definition) is 3. The highest BCUT2D eigenvalue weighted by atomic mass is 35.5. The molecular formula is C12H18Cl4N4O. The summed E-state index contributed by atoms with van der Waals surface area (Å²) in [4.78, 5) is 15.8. The van der Waals surface area contributed by atoms with E-state index >= 15 is 0 Å². The van der Waals surface area contributed by atoms with Gasteiger partial charge < -0.3 is 16.0 Å². The normalized spacial score (nSPS) is 16.6. The minimum Gasteiger partial charge on any atom is -0.367 e. The SMILES string of the molecule is Cl.Cl.O=C(NCCNc1ncc(Cl)cc1Cl)C1CCCN1. The van der Waals surface area contributed by atoms with E-state index in [1.54, 1.807) is 6.07 Å². The summed E-state index contributed by atoms with van der Waals surface area (Å²) >= 11 is 11.7. The minimum atomic E-state index is -0.0442. The predicted octanol–water partition coefficient (Wildman–Crippen LogP) is 2.51. The second-order valence-electron chi connectivity index (χ2n) is 4.35. The lowest BCUT2D eigenvalue weighted by Gasteiger charge is -2.12. The molecule has 0 radical (unpaired) electrons. The molecule has 1 saturated heterocycles. The minimum absolute atomic E-state index is 0. The van der Waals surface area contributed by atoms with Crippen LogP contribution in [0.5, 0.6) is 0 Å². The maximum Gasteiger partial charge on any atom is 0.237 e. The van der Waals surface area contributed by atoms with E-state index in [0.717, 1.165) is 19.4 Å². The highest BCUT2D eigenvalue weighted by molar-refractivity contribution is 6.35. The van der Waals surface area contributed by atoms with Crippen molar-refractivity contribution in [2.45, 2.75) is 18.9 Å². The van der Waals surface area contributed by atoms with Crippen molar-refractivity contribution in [3.8, 4) is 0 Å². The second-order valence-corrected chi connectivity index (χ2v) is 5.19. The molecule has 2 rings (SSSR count). The number of hydrogen-bond acceptors (Lipinski definition) is 4. The van der Waals surface area contributed by atoms with Crippen molar-refractivity contribution in [2.75, 3.05) is 25.0 Å². The molecule has 9 heteroatoms. The first-order valence-corrected chi connectivity index (χ1v) is 6.98. The lowest BCUT2D eigenvalue weighted by Crippen LogP contribution is -2.42. The van der Waals surface area contributed by atoms with E-state index in [2.05, 4.69) is 20.9 Å². The molecule has 21 heavy (non-hydrogen) atoms. The van der Waals surface area contributed by atoms with E-state index in [9.17, 15) is 4.79 Å². The number of nitrogens with one attached hydrogen (secondary N) is 3. The lowest BCUT2D eigenvalue weighted by molar-refractivity contribution is -0.122. The maximum atomic E-state index is 11.7. The Morgan fingerprint density at radius 3 is 2.76 bits per heavy atom. The number of pyridine rings is 1. The van der Waals surface area contributed by atoms with Crippen LogP contribution in [0, 0.1) is 0 Å². The van der Waals surface area contributed by atoms with Crippen molar-refractivity contribution in [2.24, 2.45) is 0 Å². The van der Waals surface area contributed by atoms with Crippen molar-refractivity contribution in [1.29, 1.82) is 0 Å². The monoisotopic (exact) mass is 374 g/mol. The zero-order valence-electron chi connectivity index (χ0n) is 11.2. The molecule has 1 aliphatic heterocycles. The van der Waals surface area contributed by atoms with Crippen LogP contribution in [0.4, 0.5) is 5.82 Å². The molecule has 0 saturated carbocycles. The van der Waals surface area contributed by atoms with Gasteiger partial charge in [-0.25, -0.2) is 4.98 Å². The van der Waals surface area contributed by atoms with Crippen LogP contribution >= 0.6 is 48.0 Å². The van der Waals surface area contributed by atoms with E-state index in [-0.39, 0.29) is 36.8 Å². The second kappa shape index (κ2) is 10.3. The third-order valence-corrected chi connectivity index (χ3v) is 3.40. The van der Waals surface area contributed by atoms with Crippen LogP contribution in [-0.2, 0) is 4.79 Å². The molecule has 3 N–H and O–H groups in total. The van der Waals surface area contributed by atoms with Crippen LogP contribution in [-0.4, -0.2) is 36.6 Å². The number of rotatable bonds is 5. The fourth-order valence-electron chi connectivity index (χ4n) is 1.94. The largest absolute Gasteiger partial charge is 0.367 e. The average Bonchev–Trinajstić information content (AvgIpc) is 2.90. The number of carbonyl (C=O) groups excluding carboxylic acids is 1. The molecule has 0 aromatic carbocycles. The van der Waals surface area contributed by atoms with E-state index in [4.69, 9.17) is 23.2 Å². The maximum absolute atomic E-state index is 11.7. The molecule has 1 unspecified atom stereocenters. The molecule has 1 amide bonds. The molecule has 1 aromatic rings. The number of aromatic nitrogens is 1. The van der Waals surface area contributed by atoms with E-state index in [1.165, 1.54) is 6.20 Å². The van der Waals surface area contributed by atoms with E-state index in [0.29, 0.717) is 29.0 Å². The van der Waals surface area contributed by atoms with Crippen LogP contribution in [0.25, 0.3) is 0 Å².